The van der Waals surface area contributed by atoms with E-state index >= 15 is 0 Å². The summed E-state index contributed by atoms with van der Waals surface area (Å²) < 4.78 is 10.6. The van der Waals surface area contributed by atoms with E-state index in [0.29, 0.717) is 12.8 Å². The van der Waals surface area contributed by atoms with E-state index in [9.17, 15) is 4.79 Å². The Morgan fingerprint density at radius 2 is 1.92 bits per heavy atom. The number of carboxylic acid groups (broad SMARTS) is 1. The van der Waals surface area contributed by atoms with Crippen LogP contribution in [0.15, 0.2) is 0 Å². The molecule has 1 N–H and O–H groups in total. The lowest BCUT2D eigenvalue weighted by molar-refractivity contribution is -0.187. The summed E-state index contributed by atoms with van der Waals surface area (Å²) in [5.41, 5.74) is -1.04. The molecule has 1 aliphatic heterocycles. The smallest absolute Gasteiger partial charge is 0.336 e. The first-order valence-corrected chi connectivity index (χ1v) is 4.44. The van der Waals surface area contributed by atoms with Gasteiger partial charge in [0.05, 0.1) is 12.2 Å². The van der Waals surface area contributed by atoms with Gasteiger partial charge < -0.3 is 14.6 Å². The molecule has 0 aromatic carbocycles. The van der Waals surface area contributed by atoms with Crippen LogP contribution in [0.1, 0.15) is 26.7 Å². The lowest BCUT2D eigenvalue weighted by atomic mass is 9.87. The largest absolute Gasteiger partial charge is 0.479 e. The number of rotatable bonds is 2. The van der Waals surface area contributed by atoms with Crippen molar-refractivity contribution in [1.29, 1.82) is 0 Å². The minimum absolute atomic E-state index is 0.0557. The van der Waals surface area contributed by atoms with Crippen LogP contribution in [0.2, 0.25) is 0 Å². The molecule has 0 radical (unpaired) electrons. The van der Waals surface area contributed by atoms with Crippen LogP contribution < -0.4 is 0 Å². The first kappa shape index (κ1) is 10.5. The topological polar surface area (TPSA) is 55.8 Å². The molecular formula is C9H16O4. The second-order valence-electron chi connectivity index (χ2n) is 3.67. The third-order valence-electron chi connectivity index (χ3n) is 2.48. The molecule has 0 aromatic rings. The standard InChI is InChI=1S/C9H16O4/c1-6-4-9(12-3,8(10)11)5-7(2)13-6/h6-7H,4-5H2,1-3H3,(H,10,11). The van der Waals surface area contributed by atoms with Crippen molar-refractivity contribution in [2.45, 2.75) is 44.5 Å². The predicted molar refractivity (Wildman–Crippen MR) is 46.6 cm³/mol. The maximum absolute atomic E-state index is 11.0. The number of aliphatic carboxylic acids is 1. The highest BCUT2D eigenvalue weighted by Gasteiger charge is 2.45. The number of carbonyl (C=O) groups is 1. The molecule has 0 spiro atoms. The van der Waals surface area contributed by atoms with Gasteiger partial charge in [0.2, 0.25) is 0 Å². The quantitative estimate of drug-likeness (QED) is 0.703. The van der Waals surface area contributed by atoms with Crippen molar-refractivity contribution in [3.05, 3.63) is 0 Å². The van der Waals surface area contributed by atoms with Gasteiger partial charge in [-0.2, -0.15) is 0 Å². The van der Waals surface area contributed by atoms with Crippen molar-refractivity contribution in [2.24, 2.45) is 0 Å². The van der Waals surface area contributed by atoms with E-state index in [0.717, 1.165) is 0 Å². The van der Waals surface area contributed by atoms with Gasteiger partial charge in [-0.15, -0.1) is 0 Å². The van der Waals surface area contributed by atoms with Gasteiger partial charge in [0, 0.05) is 20.0 Å². The Labute approximate surface area is 77.8 Å². The fraction of sp³-hybridized carbons (Fsp3) is 0.889. The van der Waals surface area contributed by atoms with Crippen LogP contribution in [0.25, 0.3) is 0 Å². The van der Waals surface area contributed by atoms with E-state index in [2.05, 4.69) is 0 Å². The lowest BCUT2D eigenvalue weighted by Crippen LogP contribution is -2.50. The molecule has 2 unspecified atom stereocenters. The molecule has 13 heavy (non-hydrogen) atoms. The molecule has 1 saturated heterocycles. The van der Waals surface area contributed by atoms with Gasteiger partial charge in [-0.25, -0.2) is 4.79 Å². The molecule has 0 saturated carbocycles. The van der Waals surface area contributed by atoms with Gasteiger partial charge >= 0.3 is 5.97 Å². The molecule has 4 heteroatoms. The van der Waals surface area contributed by atoms with Crippen molar-refractivity contribution in [3.63, 3.8) is 0 Å². The van der Waals surface area contributed by atoms with Crippen LogP contribution in [-0.2, 0) is 14.3 Å². The van der Waals surface area contributed by atoms with Gasteiger partial charge in [0.15, 0.2) is 5.60 Å². The summed E-state index contributed by atoms with van der Waals surface area (Å²) in [7, 11) is 1.44. The first-order chi connectivity index (χ1) is 6.00. The number of hydrogen-bond donors (Lipinski definition) is 1. The average molecular weight is 188 g/mol. The Bertz CT molecular complexity index is 192. The van der Waals surface area contributed by atoms with Crippen LogP contribution in [-0.4, -0.2) is 36.0 Å². The zero-order valence-corrected chi connectivity index (χ0v) is 8.24. The van der Waals surface area contributed by atoms with E-state index in [1.165, 1.54) is 7.11 Å². The summed E-state index contributed by atoms with van der Waals surface area (Å²) in [5.74, 6) is -0.892. The predicted octanol–water partition coefficient (Wildman–Crippen LogP) is 1.04. The monoisotopic (exact) mass is 188 g/mol. The third kappa shape index (κ3) is 2.00. The average Bonchev–Trinajstić information content (AvgIpc) is 2.02. The normalized spacial score (nSPS) is 40.2. The van der Waals surface area contributed by atoms with Crippen molar-refractivity contribution in [3.8, 4) is 0 Å². The van der Waals surface area contributed by atoms with Gasteiger partial charge in [-0.05, 0) is 13.8 Å². The number of methoxy groups -OCH3 is 1. The fourth-order valence-electron chi connectivity index (χ4n) is 1.93. The molecule has 1 fully saturated rings. The molecule has 0 aromatic heterocycles. The Kier molecular flexibility index (Phi) is 2.93. The van der Waals surface area contributed by atoms with Crippen molar-refractivity contribution in [1.82, 2.24) is 0 Å². The number of hydrogen-bond acceptors (Lipinski definition) is 3. The van der Waals surface area contributed by atoms with E-state index < -0.39 is 11.6 Å². The molecular weight excluding hydrogens is 172 g/mol. The summed E-state index contributed by atoms with van der Waals surface area (Å²) in [5, 5.41) is 9.04. The minimum Gasteiger partial charge on any atom is -0.479 e. The van der Waals surface area contributed by atoms with Crippen LogP contribution >= 0.6 is 0 Å². The van der Waals surface area contributed by atoms with Gasteiger partial charge in [-0.3, -0.25) is 0 Å². The molecule has 1 aliphatic rings. The Hall–Kier alpha value is -0.610. The summed E-state index contributed by atoms with van der Waals surface area (Å²) in [6.07, 6.45) is 0.728. The second-order valence-corrected chi connectivity index (χ2v) is 3.67. The molecule has 1 rings (SSSR count). The van der Waals surface area contributed by atoms with Gasteiger partial charge in [0.25, 0.3) is 0 Å². The number of ether oxygens (including phenoxy) is 2. The lowest BCUT2D eigenvalue weighted by Gasteiger charge is -2.38. The van der Waals surface area contributed by atoms with Gasteiger partial charge in [-0.1, -0.05) is 0 Å². The van der Waals surface area contributed by atoms with Crippen LogP contribution in [0.3, 0.4) is 0 Å². The van der Waals surface area contributed by atoms with Crippen LogP contribution in [0.5, 0.6) is 0 Å². The van der Waals surface area contributed by atoms with E-state index in [-0.39, 0.29) is 12.2 Å². The van der Waals surface area contributed by atoms with Crippen molar-refractivity contribution in [2.75, 3.05) is 7.11 Å². The molecule has 2 atom stereocenters. The Morgan fingerprint density at radius 3 is 2.23 bits per heavy atom. The zero-order valence-electron chi connectivity index (χ0n) is 8.24. The van der Waals surface area contributed by atoms with Crippen LogP contribution in [0, 0.1) is 0 Å². The Balaban J connectivity index is 2.80. The molecule has 0 aliphatic carbocycles. The SMILES string of the molecule is COC1(C(=O)O)CC(C)OC(C)C1. The number of carboxylic acids is 1. The van der Waals surface area contributed by atoms with E-state index in [4.69, 9.17) is 14.6 Å². The highest BCUT2D eigenvalue weighted by Crippen LogP contribution is 2.31. The Morgan fingerprint density at radius 1 is 1.46 bits per heavy atom. The molecule has 1 heterocycles. The molecule has 4 nitrogen and oxygen atoms in total. The van der Waals surface area contributed by atoms with Crippen LogP contribution in [0.4, 0.5) is 0 Å². The van der Waals surface area contributed by atoms with Crippen molar-refractivity contribution < 1.29 is 19.4 Å². The highest BCUT2D eigenvalue weighted by molar-refractivity contribution is 5.77. The maximum atomic E-state index is 11.0. The van der Waals surface area contributed by atoms with E-state index in [1.807, 2.05) is 13.8 Å². The summed E-state index contributed by atoms with van der Waals surface area (Å²) in [4.78, 5) is 11.0. The fourth-order valence-corrected chi connectivity index (χ4v) is 1.93. The van der Waals surface area contributed by atoms with E-state index in [1.54, 1.807) is 0 Å². The highest BCUT2D eigenvalue weighted by atomic mass is 16.5. The summed E-state index contributed by atoms with van der Waals surface area (Å²) >= 11 is 0. The maximum Gasteiger partial charge on any atom is 0.336 e. The molecule has 76 valence electrons. The summed E-state index contributed by atoms with van der Waals surface area (Å²) in [6, 6.07) is 0. The molecule has 0 bridgehead atoms. The second kappa shape index (κ2) is 3.64. The molecule has 0 amide bonds. The first-order valence-electron chi connectivity index (χ1n) is 4.44. The minimum atomic E-state index is -1.04. The van der Waals surface area contributed by atoms with Crippen molar-refractivity contribution >= 4 is 5.97 Å². The third-order valence-corrected chi connectivity index (χ3v) is 2.48. The van der Waals surface area contributed by atoms with Gasteiger partial charge in [0.1, 0.15) is 0 Å². The zero-order chi connectivity index (χ0) is 10.1. The summed E-state index contributed by atoms with van der Waals surface area (Å²) in [6.45, 7) is 3.73.